The lowest BCUT2D eigenvalue weighted by molar-refractivity contribution is -0.149. The number of aromatic nitrogens is 2. The van der Waals surface area contributed by atoms with E-state index in [0.29, 0.717) is 6.61 Å². The second kappa shape index (κ2) is 9.94. The van der Waals surface area contributed by atoms with Gasteiger partial charge in [-0.2, -0.15) is 4.39 Å². The summed E-state index contributed by atoms with van der Waals surface area (Å²) in [5.41, 5.74) is 3.31. The van der Waals surface area contributed by atoms with E-state index in [9.17, 15) is 18.8 Å². The van der Waals surface area contributed by atoms with Crippen LogP contribution in [0.5, 0.6) is 0 Å². The van der Waals surface area contributed by atoms with Gasteiger partial charge in [0.2, 0.25) is 5.82 Å². The number of hydrogen-bond donors (Lipinski definition) is 2. The minimum absolute atomic E-state index is 0. The van der Waals surface area contributed by atoms with Gasteiger partial charge in [0.05, 0.1) is 25.5 Å². The molecule has 3 N–H and O–H groups in total. The molecule has 0 unspecified atom stereocenters. The Hall–Kier alpha value is -2.05. The van der Waals surface area contributed by atoms with Gasteiger partial charge < -0.3 is 19.9 Å². The Bertz CT molecular complexity index is 903. The lowest BCUT2D eigenvalue weighted by Gasteiger charge is -2.18. The predicted octanol–water partition coefficient (Wildman–Crippen LogP) is 0.534. The SMILES string of the molecule is Cl.NCC(=O)OC[C@H]1O[C@@H](n2cc(F)c(=O)[nH]c2=O)C[C@@H]1OCc1cccs1. The largest absolute Gasteiger partial charge is 0.462 e. The average molecular weight is 436 g/mol. The molecule has 3 atom stereocenters. The number of nitrogens with zero attached hydrogens (tertiary/aromatic N) is 1. The maximum atomic E-state index is 13.6. The summed E-state index contributed by atoms with van der Waals surface area (Å²) in [4.78, 5) is 37.4. The Morgan fingerprint density at radius 1 is 1.46 bits per heavy atom. The summed E-state index contributed by atoms with van der Waals surface area (Å²) in [5.74, 6) is -1.71. The normalized spacial score (nSPS) is 21.3. The number of carbonyl (C=O) groups is 1. The fraction of sp³-hybridized carbons (Fsp3) is 0.438. The minimum atomic E-state index is -1.10. The molecule has 28 heavy (non-hydrogen) atoms. The summed E-state index contributed by atoms with van der Waals surface area (Å²) in [6, 6.07) is 3.80. The van der Waals surface area contributed by atoms with Crippen molar-refractivity contribution in [2.24, 2.45) is 5.73 Å². The first kappa shape index (κ1) is 22.2. The molecule has 154 valence electrons. The van der Waals surface area contributed by atoms with Crippen molar-refractivity contribution >= 4 is 29.7 Å². The molecule has 12 heteroatoms. The third kappa shape index (κ3) is 5.26. The number of nitrogens with two attached hydrogens (primary N) is 1. The van der Waals surface area contributed by atoms with Crippen LogP contribution in [0.3, 0.4) is 0 Å². The van der Waals surface area contributed by atoms with E-state index < -0.39 is 41.5 Å². The monoisotopic (exact) mass is 435 g/mol. The highest BCUT2D eigenvalue weighted by Gasteiger charge is 2.38. The predicted molar refractivity (Wildman–Crippen MR) is 100.0 cm³/mol. The van der Waals surface area contributed by atoms with E-state index in [1.807, 2.05) is 22.5 Å². The highest BCUT2D eigenvalue weighted by molar-refractivity contribution is 7.09. The molecule has 9 nitrogen and oxygen atoms in total. The van der Waals surface area contributed by atoms with Gasteiger partial charge in [0.1, 0.15) is 18.9 Å². The molecule has 3 heterocycles. The Labute approximate surface area is 168 Å². The van der Waals surface area contributed by atoms with Crippen LogP contribution >= 0.6 is 23.7 Å². The van der Waals surface area contributed by atoms with Gasteiger partial charge in [0.25, 0.3) is 5.56 Å². The maximum Gasteiger partial charge on any atom is 0.330 e. The molecule has 2 aromatic rings. The summed E-state index contributed by atoms with van der Waals surface area (Å²) >= 11 is 1.52. The van der Waals surface area contributed by atoms with Gasteiger partial charge in [0.15, 0.2) is 0 Å². The molecular weight excluding hydrogens is 417 g/mol. The third-order valence-corrected chi connectivity index (χ3v) is 4.86. The molecule has 0 saturated carbocycles. The summed E-state index contributed by atoms with van der Waals surface area (Å²) in [6.07, 6.45) is -1.06. The Kier molecular flexibility index (Phi) is 7.89. The van der Waals surface area contributed by atoms with Crippen molar-refractivity contribution in [2.45, 2.75) is 31.5 Å². The van der Waals surface area contributed by atoms with Crippen molar-refractivity contribution in [3.8, 4) is 0 Å². The number of rotatable bonds is 7. The molecular formula is C16H19ClFN3O6S. The lowest BCUT2D eigenvalue weighted by Crippen LogP contribution is -2.34. The van der Waals surface area contributed by atoms with E-state index >= 15 is 0 Å². The van der Waals surface area contributed by atoms with E-state index in [2.05, 4.69) is 0 Å². The van der Waals surface area contributed by atoms with Crippen LogP contribution in [0.1, 0.15) is 17.5 Å². The first-order valence-electron chi connectivity index (χ1n) is 8.14. The van der Waals surface area contributed by atoms with Crippen molar-refractivity contribution in [3.05, 3.63) is 55.2 Å². The number of nitrogens with one attached hydrogen (secondary N) is 1. The summed E-state index contributed by atoms with van der Waals surface area (Å²) in [7, 11) is 0. The second-order valence-corrected chi connectivity index (χ2v) is 6.86. The van der Waals surface area contributed by atoms with Crippen LogP contribution in [-0.4, -0.2) is 40.9 Å². The zero-order chi connectivity index (χ0) is 19.4. The van der Waals surface area contributed by atoms with Crippen LogP contribution in [0, 0.1) is 5.82 Å². The summed E-state index contributed by atoms with van der Waals surface area (Å²) in [6.45, 7) is -0.0850. The molecule has 2 aromatic heterocycles. The number of ether oxygens (including phenoxy) is 3. The zero-order valence-electron chi connectivity index (χ0n) is 14.5. The molecule has 1 fully saturated rings. The molecule has 0 spiro atoms. The smallest absolute Gasteiger partial charge is 0.330 e. The number of carbonyl (C=O) groups excluding carboxylic acids is 1. The van der Waals surface area contributed by atoms with Crippen LogP contribution in [0.4, 0.5) is 4.39 Å². The van der Waals surface area contributed by atoms with Crippen LogP contribution in [-0.2, 0) is 25.6 Å². The first-order valence-corrected chi connectivity index (χ1v) is 9.02. The van der Waals surface area contributed by atoms with Crippen LogP contribution in [0.2, 0.25) is 0 Å². The quantitative estimate of drug-likeness (QED) is 0.607. The van der Waals surface area contributed by atoms with E-state index in [0.717, 1.165) is 15.6 Å². The lowest BCUT2D eigenvalue weighted by atomic mass is 10.2. The standard InChI is InChI=1S/C16H18FN3O6S.ClH/c17-10-6-20(16(23)19-15(10)22)13-4-11(24-7-9-2-1-3-27-9)12(26-13)8-25-14(21)5-18;/h1-3,6,11-13H,4-5,7-8,18H2,(H,19,22,23);1H/t11-,12+,13+;/m0./s1. The molecule has 0 amide bonds. The van der Waals surface area contributed by atoms with Crippen molar-refractivity contribution in [3.63, 3.8) is 0 Å². The molecule has 0 bridgehead atoms. The maximum absolute atomic E-state index is 13.6. The van der Waals surface area contributed by atoms with E-state index in [1.54, 1.807) is 0 Å². The van der Waals surface area contributed by atoms with Crippen molar-refractivity contribution in [1.82, 2.24) is 9.55 Å². The fourth-order valence-electron chi connectivity index (χ4n) is 2.69. The Balaban J connectivity index is 0.00000280. The number of thiophene rings is 1. The van der Waals surface area contributed by atoms with Gasteiger partial charge in [-0.3, -0.25) is 19.1 Å². The number of halogens is 2. The van der Waals surface area contributed by atoms with E-state index in [-0.39, 0.29) is 32.0 Å². The van der Waals surface area contributed by atoms with Gasteiger partial charge in [-0.1, -0.05) is 6.07 Å². The number of H-pyrrole nitrogens is 1. The van der Waals surface area contributed by atoms with Crippen LogP contribution in [0.15, 0.2) is 33.3 Å². The van der Waals surface area contributed by atoms with E-state index in [4.69, 9.17) is 19.9 Å². The van der Waals surface area contributed by atoms with Crippen LogP contribution in [0.25, 0.3) is 0 Å². The molecule has 0 radical (unpaired) electrons. The zero-order valence-corrected chi connectivity index (χ0v) is 16.2. The number of esters is 1. The van der Waals surface area contributed by atoms with Crippen LogP contribution < -0.4 is 17.0 Å². The Morgan fingerprint density at radius 2 is 2.25 bits per heavy atom. The van der Waals surface area contributed by atoms with Gasteiger partial charge in [-0.15, -0.1) is 23.7 Å². The van der Waals surface area contributed by atoms with Gasteiger partial charge in [-0.25, -0.2) is 4.79 Å². The molecule has 1 aliphatic rings. The molecule has 0 aliphatic carbocycles. The average Bonchev–Trinajstić information content (AvgIpc) is 3.30. The third-order valence-electron chi connectivity index (χ3n) is 4.01. The van der Waals surface area contributed by atoms with Gasteiger partial charge >= 0.3 is 11.7 Å². The molecule has 1 saturated heterocycles. The van der Waals surface area contributed by atoms with Gasteiger partial charge in [0, 0.05) is 11.3 Å². The Morgan fingerprint density at radius 3 is 2.93 bits per heavy atom. The number of aromatic amines is 1. The topological polar surface area (TPSA) is 126 Å². The highest BCUT2D eigenvalue weighted by Crippen LogP contribution is 2.31. The van der Waals surface area contributed by atoms with Crippen molar-refractivity contribution < 1.29 is 23.4 Å². The second-order valence-electron chi connectivity index (χ2n) is 5.82. The van der Waals surface area contributed by atoms with E-state index in [1.165, 1.54) is 11.3 Å². The molecule has 0 aromatic carbocycles. The summed E-state index contributed by atoms with van der Waals surface area (Å²) < 4.78 is 31.1. The number of hydrogen-bond acceptors (Lipinski definition) is 8. The molecule has 1 aliphatic heterocycles. The summed E-state index contributed by atoms with van der Waals surface area (Å²) in [5, 5.41) is 1.91. The fourth-order valence-corrected chi connectivity index (χ4v) is 3.31. The van der Waals surface area contributed by atoms with Crippen molar-refractivity contribution in [2.75, 3.05) is 13.2 Å². The highest BCUT2D eigenvalue weighted by atomic mass is 35.5. The molecule has 3 rings (SSSR count). The van der Waals surface area contributed by atoms with Gasteiger partial charge in [-0.05, 0) is 11.4 Å². The minimum Gasteiger partial charge on any atom is -0.462 e. The first-order chi connectivity index (χ1) is 13.0. The van der Waals surface area contributed by atoms with Crippen molar-refractivity contribution in [1.29, 1.82) is 0 Å².